The molecule has 0 bridgehead atoms. The molecule has 3 rings (SSSR count). The standard InChI is InChI=1S/C15H13N3/c1-12-7-8-16-10-15(12)13-9-17-18(11-13)14-5-3-2-4-6-14/h2-11H,1H3. The van der Waals surface area contributed by atoms with E-state index in [0.717, 1.165) is 16.8 Å². The van der Waals surface area contributed by atoms with Crippen LogP contribution in [0.2, 0.25) is 0 Å². The normalized spacial score (nSPS) is 10.5. The SMILES string of the molecule is Cc1ccncc1-c1cnn(-c2ccccc2)c1. The first-order valence-electron chi connectivity index (χ1n) is 5.86. The van der Waals surface area contributed by atoms with E-state index >= 15 is 0 Å². The van der Waals surface area contributed by atoms with Gasteiger partial charge in [-0.2, -0.15) is 5.10 Å². The van der Waals surface area contributed by atoms with Crippen molar-refractivity contribution in [2.75, 3.05) is 0 Å². The molecule has 3 nitrogen and oxygen atoms in total. The number of aryl methyl sites for hydroxylation is 1. The van der Waals surface area contributed by atoms with Gasteiger partial charge in [0, 0.05) is 29.7 Å². The van der Waals surface area contributed by atoms with E-state index in [1.807, 2.05) is 59.7 Å². The van der Waals surface area contributed by atoms with E-state index in [2.05, 4.69) is 17.0 Å². The summed E-state index contributed by atoms with van der Waals surface area (Å²) in [6.45, 7) is 2.08. The van der Waals surface area contributed by atoms with Gasteiger partial charge in [-0.05, 0) is 30.7 Å². The second-order valence-corrected chi connectivity index (χ2v) is 4.20. The number of benzene rings is 1. The van der Waals surface area contributed by atoms with Gasteiger partial charge in [0.15, 0.2) is 0 Å². The zero-order chi connectivity index (χ0) is 12.4. The molecule has 2 heterocycles. The first kappa shape index (κ1) is 10.7. The number of rotatable bonds is 2. The first-order valence-corrected chi connectivity index (χ1v) is 5.86. The Hall–Kier alpha value is -2.42. The maximum Gasteiger partial charge on any atom is 0.0645 e. The molecule has 18 heavy (non-hydrogen) atoms. The van der Waals surface area contributed by atoms with Crippen molar-refractivity contribution in [1.29, 1.82) is 0 Å². The lowest BCUT2D eigenvalue weighted by atomic mass is 10.1. The Balaban J connectivity index is 2.03. The third kappa shape index (κ3) is 1.91. The molecule has 0 saturated carbocycles. The second kappa shape index (κ2) is 4.45. The Kier molecular flexibility index (Phi) is 2.65. The van der Waals surface area contributed by atoms with Gasteiger partial charge in [-0.15, -0.1) is 0 Å². The summed E-state index contributed by atoms with van der Waals surface area (Å²) in [5.74, 6) is 0. The van der Waals surface area contributed by atoms with Gasteiger partial charge in [0.25, 0.3) is 0 Å². The highest BCUT2D eigenvalue weighted by Crippen LogP contribution is 2.22. The molecule has 0 N–H and O–H groups in total. The number of pyridine rings is 1. The van der Waals surface area contributed by atoms with Gasteiger partial charge >= 0.3 is 0 Å². The molecule has 0 aliphatic rings. The van der Waals surface area contributed by atoms with Crippen LogP contribution in [0.4, 0.5) is 0 Å². The summed E-state index contributed by atoms with van der Waals surface area (Å²) in [6.07, 6.45) is 7.58. The van der Waals surface area contributed by atoms with Gasteiger partial charge in [0.1, 0.15) is 0 Å². The van der Waals surface area contributed by atoms with Crippen LogP contribution in [0.3, 0.4) is 0 Å². The van der Waals surface area contributed by atoms with E-state index < -0.39 is 0 Å². The molecule has 0 aliphatic heterocycles. The molecular weight excluding hydrogens is 222 g/mol. The number of hydrogen-bond donors (Lipinski definition) is 0. The Morgan fingerprint density at radius 1 is 1.00 bits per heavy atom. The van der Waals surface area contributed by atoms with E-state index in [9.17, 15) is 0 Å². The second-order valence-electron chi connectivity index (χ2n) is 4.20. The summed E-state index contributed by atoms with van der Waals surface area (Å²) in [7, 11) is 0. The first-order chi connectivity index (χ1) is 8.84. The van der Waals surface area contributed by atoms with Gasteiger partial charge < -0.3 is 0 Å². The topological polar surface area (TPSA) is 30.7 Å². The summed E-state index contributed by atoms with van der Waals surface area (Å²) in [6, 6.07) is 12.1. The van der Waals surface area contributed by atoms with Gasteiger partial charge in [-0.3, -0.25) is 4.98 Å². The molecule has 0 atom stereocenters. The van der Waals surface area contributed by atoms with Crippen molar-refractivity contribution in [2.24, 2.45) is 0 Å². The van der Waals surface area contributed by atoms with Crippen molar-refractivity contribution in [3.05, 3.63) is 66.7 Å². The smallest absolute Gasteiger partial charge is 0.0645 e. The quantitative estimate of drug-likeness (QED) is 0.682. The van der Waals surface area contributed by atoms with E-state index in [0.29, 0.717) is 0 Å². The van der Waals surface area contributed by atoms with Crippen LogP contribution in [0.5, 0.6) is 0 Å². The molecule has 3 heteroatoms. The number of para-hydroxylation sites is 1. The summed E-state index contributed by atoms with van der Waals surface area (Å²) < 4.78 is 1.88. The molecule has 1 aromatic carbocycles. The monoisotopic (exact) mass is 235 g/mol. The van der Waals surface area contributed by atoms with Gasteiger partial charge in [0.05, 0.1) is 11.9 Å². The Morgan fingerprint density at radius 2 is 1.83 bits per heavy atom. The van der Waals surface area contributed by atoms with Crippen LogP contribution in [0.15, 0.2) is 61.2 Å². The van der Waals surface area contributed by atoms with Gasteiger partial charge in [-0.1, -0.05) is 18.2 Å². The van der Waals surface area contributed by atoms with Crippen LogP contribution in [-0.2, 0) is 0 Å². The van der Waals surface area contributed by atoms with Crippen LogP contribution < -0.4 is 0 Å². The average Bonchev–Trinajstić information content (AvgIpc) is 2.90. The zero-order valence-corrected chi connectivity index (χ0v) is 10.1. The molecule has 0 unspecified atom stereocenters. The predicted octanol–water partition coefficient (Wildman–Crippen LogP) is 3.24. The summed E-state index contributed by atoms with van der Waals surface area (Å²) >= 11 is 0. The van der Waals surface area contributed by atoms with Crippen molar-refractivity contribution in [1.82, 2.24) is 14.8 Å². The maximum atomic E-state index is 4.39. The van der Waals surface area contributed by atoms with Crippen LogP contribution >= 0.6 is 0 Å². The summed E-state index contributed by atoms with van der Waals surface area (Å²) in [5.41, 5.74) is 4.48. The van der Waals surface area contributed by atoms with Crippen molar-refractivity contribution in [3.63, 3.8) is 0 Å². The highest BCUT2D eigenvalue weighted by atomic mass is 15.3. The maximum absolute atomic E-state index is 4.39. The van der Waals surface area contributed by atoms with Crippen LogP contribution in [0.25, 0.3) is 16.8 Å². The summed E-state index contributed by atoms with van der Waals surface area (Å²) in [4.78, 5) is 4.17. The molecule has 3 aromatic rings. The Bertz CT molecular complexity index is 656. The lowest BCUT2D eigenvalue weighted by Gasteiger charge is -2.01. The van der Waals surface area contributed by atoms with Gasteiger partial charge in [0.2, 0.25) is 0 Å². The fraction of sp³-hybridized carbons (Fsp3) is 0.0667. The fourth-order valence-electron chi connectivity index (χ4n) is 1.95. The van der Waals surface area contributed by atoms with Gasteiger partial charge in [-0.25, -0.2) is 4.68 Å². The van der Waals surface area contributed by atoms with E-state index in [-0.39, 0.29) is 0 Å². The Labute approximate surface area is 106 Å². The molecule has 0 spiro atoms. The number of aromatic nitrogens is 3. The highest BCUT2D eigenvalue weighted by molar-refractivity contribution is 5.64. The minimum atomic E-state index is 1.06. The predicted molar refractivity (Wildman–Crippen MR) is 71.5 cm³/mol. The van der Waals surface area contributed by atoms with E-state index in [4.69, 9.17) is 0 Å². The Morgan fingerprint density at radius 3 is 2.61 bits per heavy atom. The molecule has 88 valence electrons. The van der Waals surface area contributed by atoms with Crippen molar-refractivity contribution >= 4 is 0 Å². The van der Waals surface area contributed by atoms with Crippen molar-refractivity contribution in [2.45, 2.75) is 6.92 Å². The van der Waals surface area contributed by atoms with Crippen LogP contribution in [-0.4, -0.2) is 14.8 Å². The van der Waals surface area contributed by atoms with Crippen molar-refractivity contribution in [3.8, 4) is 16.8 Å². The van der Waals surface area contributed by atoms with Crippen LogP contribution in [0, 0.1) is 6.92 Å². The van der Waals surface area contributed by atoms with Crippen molar-refractivity contribution < 1.29 is 0 Å². The minimum Gasteiger partial charge on any atom is -0.264 e. The molecule has 0 fully saturated rings. The molecule has 0 aliphatic carbocycles. The molecule has 0 amide bonds. The number of hydrogen-bond acceptors (Lipinski definition) is 2. The average molecular weight is 235 g/mol. The number of nitrogens with zero attached hydrogens (tertiary/aromatic N) is 3. The minimum absolute atomic E-state index is 1.06. The third-order valence-electron chi connectivity index (χ3n) is 2.95. The molecular formula is C15H13N3. The molecule has 2 aromatic heterocycles. The van der Waals surface area contributed by atoms with Crippen LogP contribution in [0.1, 0.15) is 5.56 Å². The van der Waals surface area contributed by atoms with E-state index in [1.165, 1.54) is 5.56 Å². The largest absolute Gasteiger partial charge is 0.264 e. The lowest BCUT2D eigenvalue weighted by molar-refractivity contribution is 0.881. The lowest BCUT2D eigenvalue weighted by Crippen LogP contribution is -1.92. The fourth-order valence-corrected chi connectivity index (χ4v) is 1.95. The summed E-state index contributed by atoms with van der Waals surface area (Å²) in [5, 5.41) is 4.39. The highest BCUT2D eigenvalue weighted by Gasteiger charge is 2.05. The molecule has 0 radical (unpaired) electrons. The third-order valence-corrected chi connectivity index (χ3v) is 2.95. The van der Waals surface area contributed by atoms with E-state index in [1.54, 1.807) is 6.20 Å². The molecule has 0 saturated heterocycles. The zero-order valence-electron chi connectivity index (χ0n) is 10.1.